The molecule has 0 bridgehead atoms. The molecule has 2 aromatic carbocycles. The number of amides is 1. The lowest BCUT2D eigenvalue weighted by atomic mass is 10.1. The number of sulfonamides is 1. The smallest absolute Gasteiger partial charge is 0.245 e. The van der Waals surface area contributed by atoms with E-state index >= 15 is 0 Å². The molecular weight excluding hydrogens is 428 g/mol. The van der Waals surface area contributed by atoms with Crippen molar-refractivity contribution >= 4 is 37.5 Å². The van der Waals surface area contributed by atoms with Gasteiger partial charge in [0.05, 0.1) is 5.69 Å². The molecule has 2 aromatic rings. The Morgan fingerprint density at radius 1 is 1.26 bits per heavy atom. The molecule has 1 amide bonds. The van der Waals surface area contributed by atoms with Crippen LogP contribution in [0.1, 0.15) is 31.9 Å². The van der Waals surface area contributed by atoms with Gasteiger partial charge in [-0.2, -0.15) is 4.31 Å². The average Bonchev–Trinajstić information content (AvgIpc) is 2.95. The molecule has 0 saturated carbocycles. The lowest BCUT2D eigenvalue weighted by molar-refractivity contribution is -0.116. The van der Waals surface area contributed by atoms with Gasteiger partial charge in [-0.1, -0.05) is 53.2 Å². The monoisotopic (exact) mass is 450 g/mol. The summed E-state index contributed by atoms with van der Waals surface area (Å²) >= 11 is 3.44. The van der Waals surface area contributed by atoms with Crippen molar-refractivity contribution in [2.45, 2.75) is 44.7 Å². The van der Waals surface area contributed by atoms with Gasteiger partial charge in [-0.15, -0.1) is 0 Å². The lowest BCUT2D eigenvalue weighted by Crippen LogP contribution is -2.36. The first-order chi connectivity index (χ1) is 12.8. The van der Waals surface area contributed by atoms with Gasteiger partial charge in [0.25, 0.3) is 0 Å². The van der Waals surface area contributed by atoms with E-state index < -0.39 is 10.0 Å². The fraction of sp³-hybridized carbons (Fsp3) is 0.350. The van der Waals surface area contributed by atoms with Crippen LogP contribution in [0.2, 0.25) is 0 Å². The predicted octanol–water partition coefficient (Wildman–Crippen LogP) is 3.96. The third-order valence-electron chi connectivity index (χ3n) is 4.83. The van der Waals surface area contributed by atoms with Crippen molar-refractivity contribution in [2.24, 2.45) is 0 Å². The number of fused-ring (bicyclic) bond motifs is 1. The second-order valence-corrected chi connectivity index (χ2v) is 9.59. The highest BCUT2D eigenvalue weighted by molar-refractivity contribution is 9.10. The molecule has 1 atom stereocenters. The Kier molecular flexibility index (Phi) is 5.74. The number of nitrogens with zero attached hydrogens (tertiary/aromatic N) is 2. The maximum absolute atomic E-state index is 13.5. The minimum Gasteiger partial charge on any atom is -0.308 e. The molecule has 7 heteroatoms. The van der Waals surface area contributed by atoms with Crippen LogP contribution in [0.5, 0.6) is 0 Å². The van der Waals surface area contributed by atoms with Crippen LogP contribution >= 0.6 is 15.9 Å². The Balaban J connectivity index is 2.11. The first-order valence-electron chi connectivity index (χ1n) is 8.92. The van der Waals surface area contributed by atoms with Gasteiger partial charge in [-0.25, -0.2) is 8.42 Å². The average molecular weight is 451 g/mol. The highest BCUT2D eigenvalue weighted by Crippen LogP contribution is 2.41. The molecule has 0 unspecified atom stereocenters. The lowest BCUT2D eigenvalue weighted by Gasteiger charge is -2.26. The summed E-state index contributed by atoms with van der Waals surface area (Å²) in [5.41, 5.74) is 2.32. The number of benzene rings is 2. The molecule has 144 valence electrons. The first-order valence-corrected chi connectivity index (χ1v) is 11.1. The van der Waals surface area contributed by atoms with Crippen molar-refractivity contribution in [1.82, 2.24) is 4.31 Å². The number of rotatable bonds is 5. The van der Waals surface area contributed by atoms with E-state index in [4.69, 9.17) is 0 Å². The van der Waals surface area contributed by atoms with Gasteiger partial charge in [0.2, 0.25) is 15.9 Å². The van der Waals surface area contributed by atoms with Crippen molar-refractivity contribution in [3.8, 4) is 0 Å². The molecule has 1 aliphatic heterocycles. The number of hydrogen-bond donors (Lipinski definition) is 0. The van der Waals surface area contributed by atoms with Crippen molar-refractivity contribution in [3.05, 3.63) is 58.1 Å². The number of halogens is 1. The van der Waals surface area contributed by atoms with Crippen LogP contribution in [-0.2, 0) is 27.8 Å². The van der Waals surface area contributed by atoms with E-state index in [-0.39, 0.29) is 23.4 Å². The van der Waals surface area contributed by atoms with Crippen molar-refractivity contribution in [2.75, 3.05) is 11.4 Å². The van der Waals surface area contributed by atoms with E-state index in [9.17, 15) is 13.2 Å². The van der Waals surface area contributed by atoms with Crippen LogP contribution in [0.25, 0.3) is 0 Å². The zero-order chi connectivity index (χ0) is 19.8. The second-order valence-electron chi connectivity index (χ2n) is 6.77. The molecule has 0 radical (unpaired) electrons. The molecule has 0 spiro atoms. The number of carbonyl (C=O) groups excluding carboxylic acids is 1. The minimum atomic E-state index is -3.78. The Morgan fingerprint density at radius 2 is 1.93 bits per heavy atom. The van der Waals surface area contributed by atoms with E-state index in [1.54, 1.807) is 11.0 Å². The van der Waals surface area contributed by atoms with Crippen LogP contribution < -0.4 is 4.90 Å². The fourth-order valence-electron chi connectivity index (χ4n) is 3.64. The largest absolute Gasteiger partial charge is 0.308 e. The Morgan fingerprint density at radius 3 is 2.52 bits per heavy atom. The van der Waals surface area contributed by atoms with E-state index in [2.05, 4.69) is 15.9 Å². The molecule has 0 fully saturated rings. The van der Waals surface area contributed by atoms with Crippen LogP contribution in [0.3, 0.4) is 0 Å². The summed E-state index contributed by atoms with van der Waals surface area (Å²) in [4.78, 5) is 14.0. The highest BCUT2D eigenvalue weighted by Gasteiger charge is 2.37. The third-order valence-corrected chi connectivity index (χ3v) is 7.22. The van der Waals surface area contributed by atoms with Gasteiger partial charge >= 0.3 is 0 Å². The summed E-state index contributed by atoms with van der Waals surface area (Å²) in [5, 5.41) is 0. The number of carbonyl (C=O) groups is 1. The summed E-state index contributed by atoms with van der Waals surface area (Å²) in [5.74, 6) is -0.147. The molecule has 0 aliphatic carbocycles. The van der Waals surface area contributed by atoms with Crippen LogP contribution in [0, 0.1) is 0 Å². The molecular formula is C20H23BrN2O3S. The summed E-state index contributed by atoms with van der Waals surface area (Å²) in [6.07, 6.45) is 0.641. The molecule has 0 N–H and O–H groups in total. The van der Waals surface area contributed by atoms with E-state index in [0.29, 0.717) is 23.1 Å². The summed E-state index contributed by atoms with van der Waals surface area (Å²) in [7, 11) is -3.78. The van der Waals surface area contributed by atoms with Gasteiger partial charge in [-0.05, 0) is 36.6 Å². The maximum Gasteiger partial charge on any atom is 0.245 e. The topological polar surface area (TPSA) is 57.7 Å². The van der Waals surface area contributed by atoms with Crippen molar-refractivity contribution in [3.63, 3.8) is 0 Å². The van der Waals surface area contributed by atoms with Gasteiger partial charge < -0.3 is 4.90 Å². The van der Waals surface area contributed by atoms with Crippen LogP contribution in [0.4, 0.5) is 5.69 Å². The quantitative estimate of drug-likeness (QED) is 0.692. The Bertz CT molecular complexity index is 961. The normalized spacial score (nSPS) is 16.6. The zero-order valence-electron chi connectivity index (χ0n) is 15.6. The summed E-state index contributed by atoms with van der Waals surface area (Å²) < 4.78 is 29.2. The summed E-state index contributed by atoms with van der Waals surface area (Å²) in [6.45, 7) is 5.87. The zero-order valence-corrected chi connectivity index (χ0v) is 18.0. The van der Waals surface area contributed by atoms with Crippen LogP contribution in [-0.4, -0.2) is 31.2 Å². The highest BCUT2D eigenvalue weighted by atomic mass is 79.9. The Hall–Kier alpha value is -1.70. The molecule has 3 rings (SSSR count). The van der Waals surface area contributed by atoms with Crippen LogP contribution in [0.15, 0.2) is 51.8 Å². The molecule has 1 heterocycles. The standard InChI is InChI=1S/C20H23BrN2O3S/c1-4-22(13-16-8-6-5-7-9-16)27(25,26)19-12-18(21)11-17-10-14(2)23(15(3)24)20(17)19/h5-9,11-12,14H,4,10,13H2,1-3H3/t14-/m1/s1. The van der Waals surface area contributed by atoms with E-state index in [1.807, 2.05) is 50.2 Å². The summed E-state index contributed by atoms with van der Waals surface area (Å²) in [6, 6.07) is 13.0. The molecule has 0 aromatic heterocycles. The van der Waals surface area contributed by atoms with Gasteiger partial charge in [0.1, 0.15) is 4.90 Å². The van der Waals surface area contributed by atoms with Crippen molar-refractivity contribution < 1.29 is 13.2 Å². The Labute approximate surface area is 169 Å². The van der Waals surface area contributed by atoms with Gasteiger partial charge in [0, 0.05) is 30.5 Å². The molecule has 27 heavy (non-hydrogen) atoms. The van der Waals surface area contributed by atoms with E-state index in [0.717, 1.165) is 11.1 Å². The number of anilines is 1. The molecule has 0 saturated heterocycles. The van der Waals surface area contributed by atoms with E-state index in [1.165, 1.54) is 11.2 Å². The first kappa shape index (κ1) is 20.0. The predicted molar refractivity (Wildman–Crippen MR) is 110 cm³/mol. The second kappa shape index (κ2) is 7.73. The minimum absolute atomic E-state index is 0.0649. The number of hydrogen-bond acceptors (Lipinski definition) is 3. The molecule has 5 nitrogen and oxygen atoms in total. The molecule has 1 aliphatic rings. The third kappa shape index (κ3) is 3.81. The maximum atomic E-state index is 13.5. The van der Waals surface area contributed by atoms with Crippen molar-refractivity contribution in [1.29, 1.82) is 0 Å². The van der Waals surface area contributed by atoms with Gasteiger partial charge in [-0.3, -0.25) is 4.79 Å². The fourth-order valence-corrected chi connectivity index (χ4v) is 5.99. The van der Waals surface area contributed by atoms with Gasteiger partial charge in [0.15, 0.2) is 0 Å². The SMILES string of the molecule is CCN(Cc1ccccc1)S(=O)(=O)c1cc(Br)cc2c1N(C(C)=O)[C@H](C)C2.